The molecule has 14 heavy (non-hydrogen) atoms. The van der Waals surface area contributed by atoms with Crippen molar-refractivity contribution in [1.82, 2.24) is 5.32 Å². The fourth-order valence-electron chi connectivity index (χ4n) is 2.72. The van der Waals surface area contributed by atoms with Crippen LogP contribution in [-0.4, -0.2) is 23.8 Å². The van der Waals surface area contributed by atoms with Gasteiger partial charge in [0.15, 0.2) is 0 Å². The summed E-state index contributed by atoms with van der Waals surface area (Å²) >= 11 is 0. The second-order valence-electron chi connectivity index (χ2n) is 5.07. The van der Waals surface area contributed by atoms with Gasteiger partial charge >= 0.3 is 0 Å². The van der Waals surface area contributed by atoms with Crippen molar-refractivity contribution in [2.24, 2.45) is 11.8 Å². The van der Waals surface area contributed by atoms with Gasteiger partial charge < -0.3 is 10.4 Å². The Morgan fingerprint density at radius 1 is 1.21 bits per heavy atom. The number of rotatable bonds is 4. The zero-order valence-corrected chi connectivity index (χ0v) is 9.79. The fraction of sp³-hybridized carbons (Fsp3) is 1.00. The van der Waals surface area contributed by atoms with E-state index in [2.05, 4.69) is 26.1 Å². The summed E-state index contributed by atoms with van der Waals surface area (Å²) in [6.07, 6.45) is 4.95. The van der Waals surface area contributed by atoms with Crippen molar-refractivity contribution in [3.63, 3.8) is 0 Å². The van der Waals surface area contributed by atoms with E-state index in [1.807, 2.05) is 0 Å². The van der Waals surface area contributed by atoms with Crippen molar-refractivity contribution in [3.05, 3.63) is 0 Å². The molecule has 0 aromatic rings. The summed E-state index contributed by atoms with van der Waals surface area (Å²) < 4.78 is 0. The van der Waals surface area contributed by atoms with E-state index in [-0.39, 0.29) is 6.61 Å². The van der Waals surface area contributed by atoms with E-state index in [1.54, 1.807) is 0 Å². The topological polar surface area (TPSA) is 32.3 Å². The second kappa shape index (κ2) is 5.72. The normalized spacial score (nSPS) is 35.6. The van der Waals surface area contributed by atoms with Gasteiger partial charge in [0.25, 0.3) is 0 Å². The Labute approximate surface area is 88.1 Å². The highest BCUT2D eigenvalue weighted by atomic mass is 16.3. The molecule has 2 N–H and O–H groups in total. The van der Waals surface area contributed by atoms with Crippen molar-refractivity contribution in [2.75, 3.05) is 6.61 Å². The van der Waals surface area contributed by atoms with Crippen molar-refractivity contribution >= 4 is 0 Å². The molecule has 1 aliphatic rings. The minimum absolute atomic E-state index is 0.274. The largest absolute Gasteiger partial charge is 0.395 e. The van der Waals surface area contributed by atoms with Crippen LogP contribution in [0, 0.1) is 11.8 Å². The highest BCUT2D eigenvalue weighted by Crippen LogP contribution is 2.28. The predicted octanol–water partition coefficient (Wildman–Crippen LogP) is 2.17. The molecule has 0 aromatic carbocycles. The molecule has 0 aromatic heterocycles. The minimum atomic E-state index is 0.274. The van der Waals surface area contributed by atoms with Crippen LogP contribution in [0.1, 0.15) is 46.5 Å². The van der Waals surface area contributed by atoms with E-state index >= 15 is 0 Å². The summed E-state index contributed by atoms with van der Waals surface area (Å²) in [6, 6.07) is 0.934. The molecule has 1 saturated carbocycles. The Bertz CT molecular complexity index is 146. The Hall–Kier alpha value is -0.0800. The average Bonchev–Trinajstić information content (AvgIpc) is 2.12. The quantitative estimate of drug-likeness (QED) is 0.727. The van der Waals surface area contributed by atoms with Gasteiger partial charge in [0.1, 0.15) is 0 Å². The van der Waals surface area contributed by atoms with E-state index in [0.717, 1.165) is 18.3 Å². The Morgan fingerprint density at radius 2 is 1.79 bits per heavy atom. The molecule has 1 fully saturated rings. The molecular formula is C12H25NO. The minimum Gasteiger partial charge on any atom is -0.395 e. The number of nitrogens with one attached hydrogen (secondary N) is 1. The van der Waals surface area contributed by atoms with E-state index in [1.165, 1.54) is 19.3 Å². The molecule has 0 heterocycles. The van der Waals surface area contributed by atoms with Crippen LogP contribution in [0.15, 0.2) is 0 Å². The van der Waals surface area contributed by atoms with Crippen LogP contribution < -0.4 is 5.32 Å². The summed E-state index contributed by atoms with van der Waals surface area (Å²) in [6.45, 7) is 7.08. The first-order chi connectivity index (χ1) is 6.65. The lowest BCUT2D eigenvalue weighted by atomic mass is 9.80. The third-order valence-corrected chi connectivity index (χ3v) is 3.36. The van der Waals surface area contributed by atoms with E-state index < -0.39 is 0 Å². The van der Waals surface area contributed by atoms with Gasteiger partial charge in [-0.05, 0) is 37.5 Å². The van der Waals surface area contributed by atoms with Crippen LogP contribution in [-0.2, 0) is 0 Å². The SMILES string of the molecule is CC[C@@H](CO)NC1C[C@@H](C)C[C@H](C)C1. The van der Waals surface area contributed by atoms with Gasteiger partial charge in [-0.1, -0.05) is 20.8 Å². The lowest BCUT2D eigenvalue weighted by Crippen LogP contribution is -2.43. The summed E-state index contributed by atoms with van der Waals surface area (Å²) in [5.74, 6) is 1.68. The molecule has 1 aliphatic carbocycles. The van der Waals surface area contributed by atoms with Crippen molar-refractivity contribution in [2.45, 2.75) is 58.5 Å². The summed E-state index contributed by atoms with van der Waals surface area (Å²) in [5, 5.41) is 12.7. The van der Waals surface area contributed by atoms with Crippen molar-refractivity contribution in [1.29, 1.82) is 0 Å². The Balaban J connectivity index is 2.35. The molecule has 3 atom stereocenters. The maximum atomic E-state index is 9.13. The maximum absolute atomic E-state index is 9.13. The van der Waals surface area contributed by atoms with Gasteiger partial charge in [0, 0.05) is 12.1 Å². The van der Waals surface area contributed by atoms with Gasteiger partial charge in [-0.25, -0.2) is 0 Å². The summed E-state index contributed by atoms with van der Waals surface area (Å²) in [7, 11) is 0. The van der Waals surface area contributed by atoms with Gasteiger partial charge in [0.2, 0.25) is 0 Å². The molecule has 0 aliphatic heterocycles. The van der Waals surface area contributed by atoms with Gasteiger partial charge in [-0.3, -0.25) is 0 Å². The first-order valence-electron chi connectivity index (χ1n) is 6.02. The van der Waals surface area contributed by atoms with Gasteiger partial charge in [0.05, 0.1) is 6.61 Å². The fourth-order valence-corrected chi connectivity index (χ4v) is 2.72. The number of aliphatic hydroxyl groups is 1. The van der Waals surface area contributed by atoms with Crippen LogP contribution in [0.4, 0.5) is 0 Å². The number of hydrogen-bond donors (Lipinski definition) is 2. The smallest absolute Gasteiger partial charge is 0.0584 e. The molecule has 1 rings (SSSR count). The Kier molecular flexibility index (Phi) is 4.90. The Morgan fingerprint density at radius 3 is 2.21 bits per heavy atom. The lowest BCUT2D eigenvalue weighted by molar-refractivity contribution is 0.184. The standard InChI is InChI=1S/C12H25NO/c1-4-11(8-14)13-12-6-9(2)5-10(3)7-12/h9-14H,4-8H2,1-3H3/t9-,10-,11-/m0/s1. The van der Waals surface area contributed by atoms with E-state index in [4.69, 9.17) is 5.11 Å². The second-order valence-corrected chi connectivity index (χ2v) is 5.07. The first kappa shape index (κ1) is 12.0. The van der Waals surface area contributed by atoms with Crippen LogP contribution in [0.5, 0.6) is 0 Å². The van der Waals surface area contributed by atoms with Gasteiger partial charge in [-0.15, -0.1) is 0 Å². The van der Waals surface area contributed by atoms with Crippen molar-refractivity contribution < 1.29 is 5.11 Å². The third kappa shape index (κ3) is 3.58. The highest BCUT2D eigenvalue weighted by Gasteiger charge is 2.24. The zero-order valence-electron chi connectivity index (χ0n) is 9.79. The van der Waals surface area contributed by atoms with Crippen LogP contribution in [0.25, 0.3) is 0 Å². The zero-order chi connectivity index (χ0) is 10.6. The highest BCUT2D eigenvalue weighted by molar-refractivity contribution is 4.81. The van der Waals surface area contributed by atoms with Crippen molar-refractivity contribution in [3.8, 4) is 0 Å². The lowest BCUT2D eigenvalue weighted by Gasteiger charge is -2.34. The third-order valence-electron chi connectivity index (χ3n) is 3.36. The molecule has 0 radical (unpaired) electrons. The monoisotopic (exact) mass is 199 g/mol. The summed E-state index contributed by atoms with van der Waals surface area (Å²) in [5.41, 5.74) is 0. The average molecular weight is 199 g/mol. The van der Waals surface area contributed by atoms with E-state index in [9.17, 15) is 0 Å². The molecule has 0 saturated heterocycles. The molecule has 2 heteroatoms. The molecule has 0 spiro atoms. The van der Waals surface area contributed by atoms with Crippen LogP contribution in [0.2, 0.25) is 0 Å². The molecule has 0 bridgehead atoms. The first-order valence-corrected chi connectivity index (χ1v) is 6.02. The van der Waals surface area contributed by atoms with Crippen LogP contribution >= 0.6 is 0 Å². The van der Waals surface area contributed by atoms with Crippen LogP contribution in [0.3, 0.4) is 0 Å². The molecule has 84 valence electrons. The number of aliphatic hydroxyl groups excluding tert-OH is 1. The van der Waals surface area contributed by atoms with Gasteiger partial charge in [-0.2, -0.15) is 0 Å². The molecule has 0 unspecified atom stereocenters. The predicted molar refractivity (Wildman–Crippen MR) is 60.3 cm³/mol. The molecular weight excluding hydrogens is 174 g/mol. The summed E-state index contributed by atoms with van der Waals surface area (Å²) in [4.78, 5) is 0. The molecule has 2 nitrogen and oxygen atoms in total. The maximum Gasteiger partial charge on any atom is 0.0584 e. The van der Waals surface area contributed by atoms with E-state index in [0.29, 0.717) is 12.1 Å². The molecule has 0 amide bonds. The number of hydrogen-bond acceptors (Lipinski definition) is 2.